The molecule has 1 heterocycles. The van der Waals surface area contributed by atoms with Gasteiger partial charge in [0, 0.05) is 43.9 Å². The average molecular weight is 190 g/mol. The van der Waals surface area contributed by atoms with Crippen LogP contribution in [0, 0.1) is 0 Å². The first-order valence-electron chi connectivity index (χ1n) is 4.98. The van der Waals surface area contributed by atoms with Crippen LogP contribution in [0.2, 0.25) is 0 Å². The second-order valence-corrected chi connectivity index (χ2v) is 3.53. The van der Waals surface area contributed by atoms with Crippen LogP contribution >= 0.6 is 0 Å². The molecule has 14 heavy (non-hydrogen) atoms. The van der Waals surface area contributed by atoms with E-state index in [-0.39, 0.29) is 0 Å². The molecule has 3 nitrogen and oxygen atoms in total. The summed E-state index contributed by atoms with van der Waals surface area (Å²) >= 11 is 0. The van der Waals surface area contributed by atoms with Crippen molar-refractivity contribution in [3.8, 4) is 0 Å². The molecular formula is C11H14N2O. The van der Waals surface area contributed by atoms with Crippen molar-refractivity contribution in [2.45, 2.75) is 6.42 Å². The summed E-state index contributed by atoms with van der Waals surface area (Å²) < 4.78 is 0. The monoisotopic (exact) mass is 190 g/mol. The van der Waals surface area contributed by atoms with E-state index in [2.05, 4.69) is 16.3 Å². The van der Waals surface area contributed by atoms with E-state index in [0.29, 0.717) is 0 Å². The summed E-state index contributed by atoms with van der Waals surface area (Å²) in [5, 5.41) is 3.31. The van der Waals surface area contributed by atoms with Crippen molar-refractivity contribution >= 4 is 5.94 Å². The zero-order valence-corrected chi connectivity index (χ0v) is 8.12. The minimum Gasteiger partial charge on any atom is -0.369 e. The van der Waals surface area contributed by atoms with Crippen LogP contribution in [-0.4, -0.2) is 37.0 Å². The number of hydrogen-bond donors (Lipinski definition) is 1. The Balaban J connectivity index is 2.03. The Morgan fingerprint density at radius 1 is 1.29 bits per heavy atom. The SMILES string of the molecule is O=C=C1C=CC(N2CCNCC2)=CC1. The smallest absolute Gasteiger partial charge is 0.128 e. The first-order valence-corrected chi connectivity index (χ1v) is 4.98. The molecule has 1 aliphatic carbocycles. The molecule has 3 heteroatoms. The number of piperazine rings is 1. The van der Waals surface area contributed by atoms with Crippen molar-refractivity contribution in [1.29, 1.82) is 0 Å². The minimum absolute atomic E-state index is 0.721. The summed E-state index contributed by atoms with van der Waals surface area (Å²) in [4.78, 5) is 12.7. The normalized spacial score (nSPS) is 21.9. The quantitative estimate of drug-likeness (QED) is 0.611. The van der Waals surface area contributed by atoms with Crippen LogP contribution in [0.1, 0.15) is 6.42 Å². The number of carbonyl (C=O) groups excluding carboxylic acids is 1. The number of nitrogens with zero attached hydrogens (tertiary/aromatic N) is 1. The van der Waals surface area contributed by atoms with Crippen molar-refractivity contribution in [3.05, 3.63) is 29.5 Å². The van der Waals surface area contributed by atoms with E-state index in [1.54, 1.807) is 0 Å². The maximum atomic E-state index is 10.4. The summed E-state index contributed by atoms with van der Waals surface area (Å²) in [5.41, 5.74) is 1.98. The molecule has 0 bridgehead atoms. The van der Waals surface area contributed by atoms with Crippen LogP contribution in [-0.2, 0) is 4.79 Å². The molecule has 1 N–H and O–H groups in total. The van der Waals surface area contributed by atoms with Gasteiger partial charge in [-0.25, -0.2) is 4.79 Å². The Bertz CT molecular complexity index is 318. The lowest BCUT2D eigenvalue weighted by Crippen LogP contribution is -2.42. The second-order valence-electron chi connectivity index (χ2n) is 3.53. The Labute approximate surface area is 83.8 Å². The molecule has 0 aromatic heterocycles. The lowest BCUT2D eigenvalue weighted by atomic mass is 10.1. The maximum Gasteiger partial charge on any atom is 0.128 e. The molecule has 0 atom stereocenters. The predicted molar refractivity (Wildman–Crippen MR) is 55.5 cm³/mol. The standard InChI is InChI=1S/C11H14N2O/c14-9-10-1-3-11(4-2-10)13-7-5-12-6-8-13/h1,3-4,12H,2,5-8H2. The highest BCUT2D eigenvalue weighted by Gasteiger charge is 2.12. The van der Waals surface area contributed by atoms with Crippen LogP contribution < -0.4 is 5.32 Å². The van der Waals surface area contributed by atoms with Gasteiger partial charge >= 0.3 is 0 Å². The molecule has 1 saturated heterocycles. The van der Waals surface area contributed by atoms with Crippen LogP contribution in [0.5, 0.6) is 0 Å². The van der Waals surface area contributed by atoms with Gasteiger partial charge in [0.1, 0.15) is 5.94 Å². The van der Waals surface area contributed by atoms with E-state index in [9.17, 15) is 4.79 Å². The van der Waals surface area contributed by atoms with Gasteiger partial charge in [0.05, 0.1) is 0 Å². The van der Waals surface area contributed by atoms with Gasteiger partial charge in [-0.3, -0.25) is 0 Å². The van der Waals surface area contributed by atoms with Gasteiger partial charge in [-0.2, -0.15) is 0 Å². The van der Waals surface area contributed by atoms with Crippen molar-refractivity contribution < 1.29 is 4.79 Å². The second kappa shape index (κ2) is 4.27. The molecule has 2 aliphatic rings. The van der Waals surface area contributed by atoms with Crippen LogP contribution in [0.3, 0.4) is 0 Å². The summed E-state index contributed by atoms with van der Waals surface area (Å²) in [6, 6.07) is 0. The average Bonchev–Trinajstić information content (AvgIpc) is 2.30. The fraction of sp³-hybridized carbons (Fsp3) is 0.455. The highest BCUT2D eigenvalue weighted by molar-refractivity contribution is 5.59. The van der Waals surface area contributed by atoms with Crippen molar-refractivity contribution in [2.75, 3.05) is 26.2 Å². The Morgan fingerprint density at radius 3 is 2.64 bits per heavy atom. The zero-order chi connectivity index (χ0) is 9.80. The molecule has 0 unspecified atom stereocenters. The number of allylic oxidation sites excluding steroid dienone is 4. The molecule has 0 radical (unpaired) electrons. The highest BCUT2D eigenvalue weighted by atomic mass is 16.1. The third-order valence-electron chi connectivity index (χ3n) is 2.60. The van der Waals surface area contributed by atoms with E-state index in [1.807, 2.05) is 18.1 Å². The largest absolute Gasteiger partial charge is 0.369 e. The zero-order valence-electron chi connectivity index (χ0n) is 8.12. The molecule has 2 rings (SSSR count). The van der Waals surface area contributed by atoms with Gasteiger partial charge in [0.25, 0.3) is 0 Å². The molecular weight excluding hydrogens is 176 g/mol. The summed E-state index contributed by atoms with van der Waals surface area (Å²) in [5.74, 6) is 1.93. The van der Waals surface area contributed by atoms with Gasteiger partial charge in [-0.1, -0.05) is 6.08 Å². The van der Waals surface area contributed by atoms with Crippen LogP contribution in [0.25, 0.3) is 0 Å². The van der Waals surface area contributed by atoms with E-state index in [1.165, 1.54) is 5.70 Å². The third-order valence-corrected chi connectivity index (χ3v) is 2.60. The molecule has 1 fully saturated rings. The third kappa shape index (κ3) is 1.95. The van der Waals surface area contributed by atoms with Crippen molar-refractivity contribution in [3.63, 3.8) is 0 Å². The van der Waals surface area contributed by atoms with Gasteiger partial charge in [-0.05, 0) is 12.2 Å². The maximum absolute atomic E-state index is 10.4. The van der Waals surface area contributed by atoms with E-state index < -0.39 is 0 Å². The molecule has 74 valence electrons. The van der Waals surface area contributed by atoms with Crippen LogP contribution in [0.15, 0.2) is 29.5 Å². The Morgan fingerprint density at radius 2 is 2.07 bits per heavy atom. The fourth-order valence-electron chi connectivity index (χ4n) is 1.77. The van der Waals surface area contributed by atoms with Crippen molar-refractivity contribution in [1.82, 2.24) is 10.2 Å². The lowest BCUT2D eigenvalue weighted by molar-refractivity contribution is 0.306. The highest BCUT2D eigenvalue weighted by Crippen LogP contribution is 2.16. The molecule has 0 spiro atoms. The first kappa shape index (κ1) is 9.25. The van der Waals surface area contributed by atoms with Gasteiger partial charge in [0.2, 0.25) is 0 Å². The van der Waals surface area contributed by atoms with Crippen molar-refractivity contribution in [2.24, 2.45) is 0 Å². The topological polar surface area (TPSA) is 32.3 Å². The fourth-order valence-corrected chi connectivity index (χ4v) is 1.77. The summed E-state index contributed by atoms with van der Waals surface area (Å²) in [6.07, 6.45) is 6.70. The molecule has 1 aliphatic heterocycles. The number of nitrogens with one attached hydrogen (secondary N) is 1. The van der Waals surface area contributed by atoms with Gasteiger partial charge in [-0.15, -0.1) is 0 Å². The predicted octanol–water partition coefficient (Wildman–Crippen LogP) is 0.493. The van der Waals surface area contributed by atoms with Crippen LogP contribution in [0.4, 0.5) is 0 Å². The summed E-state index contributed by atoms with van der Waals surface area (Å²) in [6.45, 7) is 4.19. The van der Waals surface area contributed by atoms with Gasteiger partial charge in [0.15, 0.2) is 0 Å². The lowest BCUT2D eigenvalue weighted by Gasteiger charge is -2.31. The molecule has 0 aromatic rings. The first-order chi connectivity index (χ1) is 6.90. The number of rotatable bonds is 1. The van der Waals surface area contributed by atoms with E-state index in [4.69, 9.17) is 0 Å². The summed E-state index contributed by atoms with van der Waals surface area (Å²) in [7, 11) is 0. The minimum atomic E-state index is 0.721. The van der Waals surface area contributed by atoms with E-state index in [0.717, 1.165) is 38.2 Å². The molecule has 0 amide bonds. The Kier molecular flexibility index (Phi) is 2.82. The Hall–Kier alpha value is -1.31. The molecule has 0 aromatic carbocycles. The number of hydrogen-bond acceptors (Lipinski definition) is 3. The van der Waals surface area contributed by atoms with Gasteiger partial charge < -0.3 is 10.2 Å². The van der Waals surface area contributed by atoms with E-state index >= 15 is 0 Å². The molecule has 0 saturated carbocycles.